The summed E-state index contributed by atoms with van der Waals surface area (Å²) in [6.45, 7) is 11.0. The molecule has 1 unspecified atom stereocenters. The predicted octanol–water partition coefficient (Wildman–Crippen LogP) is 6.72. The van der Waals surface area contributed by atoms with E-state index >= 15 is 0 Å². The fourth-order valence-electron chi connectivity index (χ4n) is 2.46. The van der Waals surface area contributed by atoms with Crippen LogP contribution < -0.4 is 0 Å². The largest absolute Gasteiger partial charge is 0.202 e. The van der Waals surface area contributed by atoms with Crippen LogP contribution in [0.4, 0.5) is 0 Å². The van der Waals surface area contributed by atoms with Crippen LogP contribution in [-0.4, -0.2) is 19.4 Å². The Hall–Kier alpha value is 1.05. The van der Waals surface area contributed by atoms with Gasteiger partial charge in [0, 0.05) is 0 Å². The van der Waals surface area contributed by atoms with Crippen LogP contribution in [0, 0.1) is 16.7 Å². The molecule has 5 heteroatoms. The van der Waals surface area contributed by atoms with E-state index in [-0.39, 0.29) is 4.08 Å². The molecule has 120 valence electrons. The molecule has 1 atom stereocenters. The third-order valence-electron chi connectivity index (χ3n) is 4.72. The van der Waals surface area contributed by atoms with Gasteiger partial charge in [-0.2, -0.15) is 0 Å². The molecular weight excluding hydrogens is 363 g/mol. The number of rotatable bonds is 0. The Labute approximate surface area is 152 Å². The van der Waals surface area contributed by atoms with Gasteiger partial charge in [0.05, 0.1) is 9.49 Å². The first-order valence-electron chi connectivity index (χ1n) is 7.15. The maximum Gasteiger partial charge on any atom is 0.202 e. The molecule has 0 aromatic heterocycles. The van der Waals surface area contributed by atoms with Crippen molar-refractivity contribution in [3.05, 3.63) is 23.8 Å². The minimum absolute atomic E-state index is 0.0151. The summed E-state index contributed by atoms with van der Waals surface area (Å²) in [5.74, 6) is 3.09. The molecule has 1 aliphatic carbocycles. The quantitative estimate of drug-likeness (QED) is 0.335. The molecule has 1 spiro atoms. The molecule has 2 rings (SSSR count). The fraction of sp³-hybridized carbons (Fsp3) is 0.750. The average Bonchev–Trinajstić information content (AvgIpc) is 2.32. The van der Waals surface area contributed by atoms with Gasteiger partial charge in [0.2, 0.25) is 3.79 Å². The predicted molar refractivity (Wildman–Crippen MR) is 102 cm³/mol. The Morgan fingerprint density at radius 2 is 1.62 bits per heavy atom. The van der Waals surface area contributed by atoms with E-state index < -0.39 is 9.21 Å². The summed E-state index contributed by atoms with van der Waals surface area (Å²) < 4.78 is -1.30. The highest BCUT2D eigenvalue weighted by Crippen LogP contribution is 2.58. The maximum absolute atomic E-state index is 6.18. The van der Waals surface area contributed by atoms with Gasteiger partial charge in [0.25, 0.3) is 0 Å². The van der Waals surface area contributed by atoms with Crippen LogP contribution in [0.25, 0.3) is 0 Å². The van der Waals surface area contributed by atoms with E-state index in [1.807, 2.05) is 30.4 Å². The van der Waals surface area contributed by atoms with Gasteiger partial charge in [-0.15, -0.1) is 23.5 Å². The highest BCUT2D eigenvalue weighted by Gasteiger charge is 2.48. The first kappa shape index (κ1) is 18.4. The molecule has 1 heterocycles. The van der Waals surface area contributed by atoms with Crippen LogP contribution in [-0.2, 0) is 0 Å². The summed E-state index contributed by atoms with van der Waals surface area (Å²) in [5.41, 5.74) is 0.981. The normalized spacial score (nSPS) is 37.7. The molecule has 0 nitrogen and oxygen atoms in total. The third-order valence-corrected chi connectivity index (χ3v) is 9.15. The highest BCUT2D eigenvalue weighted by atomic mass is 35.6. The van der Waals surface area contributed by atoms with Crippen molar-refractivity contribution < 1.29 is 0 Å². The van der Waals surface area contributed by atoms with E-state index in [1.54, 1.807) is 0 Å². The van der Waals surface area contributed by atoms with Gasteiger partial charge in [0.15, 0.2) is 0 Å². The van der Waals surface area contributed by atoms with Crippen LogP contribution >= 0.6 is 58.3 Å². The molecule has 1 fully saturated rings. The Bertz CT molecular complexity index is 463. The van der Waals surface area contributed by atoms with Crippen molar-refractivity contribution in [3.63, 3.8) is 0 Å². The lowest BCUT2D eigenvalue weighted by Gasteiger charge is -2.45. The summed E-state index contributed by atoms with van der Waals surface area (Å²) in [4.78, 5) is 0. The fourth-order valence-corrected chi connectivity index (χ4v) is 7.00. The number of hydrogen-bond acceptors (Lipinski definition) is 2. The van der Waals surface area contributed by atoms with Gasteiger partial charge < -0.3 is 0 Å². The lowest BCUT2D eigenvalue weighted by Crippen LogP contribution is -2.39. The van der Waals surface area contributed by atoms with Gasteiger partial charge in [-0.25, -0.2) is 0 Å². The molecule has 0 aromatic carbocycles. The van der Waals surface area contributed by atoms with Crippen molar-refractivity contribution in [1.82, 2.24) is 0 Å². The van der Waals surface area contributed by atoms with Crippen LogP contribution in [0.1, 0.15) is 34.6 Å². The molecule has 0 saturated carbocycles. The Balaban J connectivity index is 2.18. The highest BCUT2D eigenvalue weighted by molar-refractivity contribution is 8.19. The summed E-state index contributed by atoms with van der Waals surface area (Å²) in [6, 6.07) is 0. The lowest BCUT2D eigenvalue weighted by atomic mass is 9.80. The van der Waals surface area contributed by atoms with E-state index in [2.05, 4.69) is 45.9 Å². The average molecular weight is 386 g/mol. The second-order valence-electron chi connectivity index (χ2n) is 7.27. The van der Waals surface area contributed by atoms with Gasteiger partial charge in [0.1, 0.15) is 0 Å². The van der Waals surface area contributed by atoms with Crippen molar-refractivity contribution in [2.45, 2.75) is 42.5 Å². The van der Waals surface area contributed by atoms with E-state index in [0.717, 1.165) is 11.5 Å². The minimum Gasteiger partial charge on any atom is -0.136 e. The SMILES string of the molecule is CC1=CC2(C=CC1(C)C(Cl)(Cl)Cl)SCC(C(C)(C)C)CS2. The van der Waals surface area contributed by atoms with E-state index in [0.29, 0.717) is 5.41 Å². The molecule has 2 aliphatic rings. The van der Waals surface area contributed by atoms with Crippen LogP contribution in [0.5, 0.6) is 0 Å². The number of alkyl halides is 3. The lowest BCUT2D eigenvalue weighted by molar-refractivity contribution is 0.292. The van der Waals surface area contributed by atoms with Crippen molar-refractivity contribution in [3.8, 4) is 0 Å². The van der Waals surface area contributed by atoms with Crippen LogP contribution in [0.2, 0.25) is 0 Å². The van der Waals surface area contributed by atoms with Gasteiger partial charge in [-0.05, 0) is 36.7 Å². The van der Waals surface area contributed by atoms with Crippen molar-refractivity contribution >= 4 is 58.3 Å². The van der Waals surface area contributed by atoms with Crippen LogP contribution in [0.3, 0.4) is 0 Å². The van der Waals surface area contributed by atoms with Crippen molar-refractivity contribution in [2.75, 3.05) is 11.5 Å². The Kier molecular flexibility index (Phi) is 5.12. The second kappa shape index (κ2) is 5.84. The zero-order chi connectivity index (χ0) is 16.1. The van der Waals surface area contributed by atoms with Gasteiger partial charge in [-0.3, -0.25) is 0 Å². The minimum atomic E-state index is -1.32. The maximum atomic E-state index is 6.18. The summed E-state index contributed by atoms with van der Waals surface area (Å²) in [6.07, 6.45) is 6.62. The van der Waals surface area contributed by atoms with Gasteiger partial charge in [-0.1, -0.05) is 79.4 Å². The molecule has 21 heavy (non-hydrogen) atoms. The third kappa shape index (κ3) is 3.60. The van der Waals surface area contributed by atoms with Crippen LogP contribution in [0.15, 0.2) is 23.8 Å². The zero-order valence-corrected chi connectivity index (χ0v) is 17.1. The van der Waals surface area contributed by atoms with Gasteiger partial charge >= 0.3 is 0 Å². The molecule has 0 N–H and O–H groups in total. The smallest absolute Gasteiger partial charge is 0.136 e. The zero-order valence-electron chi connectivity index (χ0n) is 13.2. The number of halogens is 3. The molecule has 1 saturated heterocycles. The van der Waals surface area contributed by atoms with E-state index in [9.17, 15) is 0 Å². The number of allylic oxidation sites excluding steroid dienone is 2. The summed E-state index contributed by atoms with van der Waals surface area (Å²) in [7, 11) is 0. The summed E-state index contributed by atoms with van der Waals surface area (Å²) in [5, 5.41) is 0. The first-order valence-corrected chi connectivity index (χ1v) is 10.3. The molecule has 0 bridgehead atoms. The molecule has 0 radical (unpaired) electrons. The molecule has 0 amide bonds. The van der Waals surface area contributed by atoms with Crippen molar-refractivity contribution in [1.29, 1.82) is 0 Å². The molecule has 1 aliphatic heterocycles. The van der Waals surface area contributed by atoms with Crippen molar-refractivity contribution in [2.24, 2.45) is 16.7 Å². The van der Waals surface area contributed by atoms with E-state index in [4.69, 9.17) is 34.8 Å². The topological polar surface area (TPSA) is 0 Å². The molecular formula is C16H23Cl3S2. The Morgan fingerprint density at radius 3 is 2.00 bits per heavy atom. The van der Waals surface area contributed by atoms with E-state index in [1.165, 1.54) is 11.5 Å². The summed E-state index contributed by atoms with van der Waals surface area (Å²) >= 11 is 22.6. The number of hydrogen-bond donors (Lipinski definition) is 0. The monoisotopic (exact) mass is 384 g/mol. The standard InChI is InChI=1S/C16H23Cl3S2/c1-11-8-15(7-6-14(11,5)16(17,18)19)20-9-12(10-21-15)13(2,3)4/h6-8,12H,9-10H2,1-5H3. The first-order chi connectivity index (χ1) is 9.40. The number of thioether (sulfide) groups is 2. The molecule has 0 aromatic rings. The second-order valence-corrected chi connectivity index (χ2v) is 12.4. The Morgan fingerprint density at radius 1 is 1.10 bits per heavy atom.